The molecule has 0 aliphatic heterocycles. The number of carbonyl (C=O) groups excluding carboxylic acids is 1. The fourth-order valence-corrected chi connectivity index (χ4v) is 2.48. The number of ketones is 1. The number of benzene rings is 1. The van der Waals surface area contributed by atoms with E-state index in [1.165, 1.54) is 0 Å². The minimum Gasteiger partial charge on any atom is -0.452 e. The van der Waals surface area contributed by atoms with Crippen molar-refractivity contribution in [2.75, 3.05) is 0 Å². The van der Waals surface area contributed by atoms with Crippen LogP contribution in [0.1, 0.15) is 21.8 Å². The first-order valence-electron chi connectivity index (χ1n) is 5.79. The standard InChI is InChI=1S/C14H11BrN2O2/c1-8-10-7-9(15)3-4-12(10)19-14(8)13(18)11-5-6-16-17(11)2/h3-7H,1-2H3. The number of aryl methyl sites for hydroxylation is 2. The average Bonchev–Trinajstić information content (AvgIpc) is 2.94. The first-order chi connectivity index (χ1) is 9.08. The highest BCUT2D eigenvalue weighted by molar-refractivity contribution is 9.10. The molecule has 0 N–H and O–H groups in total. The number of carbonyl (C=O) groups is 1. The molecule has 0 bridgehead atoms. The van der Waals surface area contributed by atoms with Gasteiger partial charge in [-0.05, 0) is 31.2 Å². The van der Waals surface area contributed by atoms with E-state index in [2.05, 4.69) is 21.0 Å². The maximum Gasteiger partial charge on any atom is 0.246 e. The Balaban J connectivity index is 2.18. The second-order valence-corrected chi connectivity index (χ2v) is 5.28. The molecule has 0 atom stereocenters. The molecular weight excluding hydrogens is 308 g/mol. The Morgan fingerprint density at radius 3 is 2.84 bits per heavy atom. The van der Waals surface area contributed by atoms with Crippen LogP contribution >= 0.6 is 15.9 Å². The van der Waals surface area contributed by atoms with Gasteiger partial charge in [0.25, 0.3) is 0 Å². The summed E-state index contributed by atoms with van der Waals surface area (Å²) in [4.78, 5) is 12.4. The molecule has 96 valence electrons. The molecule has 1 aromatic carbocycles. The summed E-state index contributed by atoms with van der Waals surface area (Å²) in [6.45, 7) is 1.89. The van der Waals surface area contributed by atoms with Crippen molar-refractivity contribution in [3.63, 3.8) is 0 Å². The molecule has 3 aromatic rings. The van der Waals surface area contributed by atoms with Crippen molar-refractivity contribution in [1.82, 2.24) is 9.78 Å². The van der Waals surface area contributed by atoms with Crippen LogP contribution < -0.4 is 0 Å². The van der Waals surface area contributed by atoms with Crippen LogP contribution in [0.2, 0.25) is 0 Å². The van der Waals surface area contributed by atoms with E-state index in [0.29, 0.717) is 17.0 Å². The largest absolute Gasteiger partial charge is 0.452 e. The van der Waals surface area contributed by atoms with E-state index >= 15 is 0 Å². The molecule has 2 heterocycles. The lowest BCUT2D eigenvalue weighted by Gasteiger charge is -1.99. The van der Waals surface area contributed by atoms with Crippen LogP contribution in [0.5, 0.6) is 0 Å². The molecule has 3 rings (SSSR count). The van der Waals surface area contributed by atoms with Gasteiger partial charge in [-0.25, -0.2) is 0 Å². The second-order valence-electron chi connectivity index (χ2n) is 4.37. The number of hydrogen-bond acceptors (Lipinski definition) is 3. The zero-order chi connectivity index (χ0) is 13.6. The Morgan fingerprint density at radius 1 is 1.37 bits per heavy atom. The molecule has 0 aliphatic carbocycles. The lowest BCUT2D eigenvalue weighted by Crippen LogP contribution is -2.08. The van der Waals surface area contributed by atoms with E-state index in [-0.39, 0.29) is 5.78 Å². The van der Waals surface area contributed by atoms with E-state index in [1.807, 2.05) is 25.1 Å². The maximum absolute atomic E-state index is 12.4. The lowest BCUT2D eigenvalue weighted by atomic mass is 10.1. The molecule has 0 unspecified atom stereocenters. The first kappa shape index (κ1) is 12.2. The normalized spacial score (nSPS) is 11.1. The summed E-state index contributed by atoms with van der Waals surface area (Å²) in [5.41, 5.74) is 2.08. The van der Waals surface area contributed by atoms with Crippen molar-refractivity contribution < 1.29 is 9.21 Å². The summed E-state index contributed by atoms with van der Waals surface area (Å²) < 4.78 is 8.19. The zero-order valence-corrected chi connectivity index (χ0v) is 12.1. The monoisotopic (exact) mass is 318 g/mol. The van der Waals surface area contributed by atoms with Gasteiger partial charge >= 0.3 is 0 Å². The number of nitrogens with zero attached hydrogens (tertiary/aromatic N) is 2. The minimum absolute atomic E-state index is 0.148. The van der Waals surface area contributed by atoms with Gasteiger partial charge in [0, 0.05) is 28.7 Å². The van der Waals surface area contributed by atoms with Gasteiger partial charge in [0.15, 0.2) is 5.76 Å². The molecule has 4 nitrogen and oxygen atoms in total. The minimum atomic E-state index is -0.148. The van der Waals surface area contributed by atoms with Crippen molar-refractivity contribution in [3.05, 3.63) is 52.0 Å². The lowest BCUT2D eigenvalue weighted by molar-refractivity contribution is 0.100. The Labute approximate surface area is 118 Å². The fraction of sp³-hybridized carbons (Fsp3) is 0.143. The molecule has 5 heteroatoms. The summed E-state index contributed by atoms with van der Waals surface area (Å²) in [7, 11) is 1.74. The predicted molar refractivity (Wildman–Crippen MR) is 75.3 cm³/mol. The number of hydrogen-bond donors (Lipinski definition) is 0. The summed E-state index contributed by atoms with van der Waals surface area (Å²) in [6, 6.07) is 7.38. The van der Waals surface area contributed by atoms with Crippen molar-refractivity contribution in [2.24, 2.45) is 7.05 Å². The molecule has 2 aromatic heterocycles. The van der Waals surface area contributed by atoms with Crippen LogP contribution in [0.3, 0.4) is 0 Å². The first-order valence-corrected chi connectivity index (χ1v) is 6.58. The van der Waals surface area contributed by atoms with Gasteiger partial charge in [0.05, 0.1) is 0 Å². The van der Waals surface area contributed by atoms with E-state index in [0.717, 1.165) is 15.4 Å². The van der Waals surface area contributed by atoms with Gasteiger partial charge in [-0.2, -0.15) is 5.10 Å². The molecule has 0 saturated carbocycles. The third-order valence-electron chi connectivity index (χ3n) is 3.16. The Kier molecular flexibility index (Phi) is 2.78. The van der Waals surface area contributed by atoms with Gasteiger partial charge in [-0.1, -0.05) is 15.9 Å². The van der Waals surface area contributed by atoms with Crippen molar-refractivity contribution in [1.29, 1.82) is 0 Å². The molecule has 0 fully saturated rings. The summed E-state index contributed by atoms with van der Waals surface area (Å²) in [5.74, 6) is 0.224. The molecule has 19 heavy (non-hydrogen) atoms. The van der Waals surface area contributed by atoms with Crippen LogP contribution in [0.25, 0.3) is 11.0 Å². The van der Waals surface area contributed by atoms with Crippen molar-refractivity contribution in [3.8, 4) is 0 Å². The topological polar surface area (TPSA) is 48.0 Å². The van der Waals surface area contributed by atoms with Gasteiger partial charge in [-0.3, -0.25) is 9.48 Å². The van der Waals surface area contributed by atoms with Crippen LogP contribution in [0, 0.1) is 6.92 Å². The smallest absolute Gasteiger partial charge is 0.246 e. The molecular formula is C14H11BrN2O2. The van der Waals surface area contributed by atoms with Crippen LogP contribution in [-0.4, -0.2) is 15.6 Å². The maximum atomic E-state index is 12.4. The second kappa shape index (κ2) is 4.35. The summed E-state index contributed by atoms with van der Waals surface area (Å²) in [6.07, 6.45) is 1.60. The van der Waals surface area contributed by atoms with E-state index in [4.69, 9.17) is 4.42 Å². The highest BCUT2D eigenvalue weighted by atomic mass is 79.9. The van der Waals surface area contributed by atoms with E-state index in [1.54, 1.807) is 24.0 Å². The van der Waals surface area contributed by atoms with Crippen molar-refractivity contribution >= 4 is 32.7 Å². The highest BCUT2D eigenvalue weighted by Gasteiger charge is 2.21. The molecule has 0 spiro atoms. The van der Waals surface area contributed by atoms with Gasteiger partial charge in [0.2, 0.25) is 5.78 Å². The van der Waals surface area contributed by atoms with Gasteiger partial charge < -0.3 is 4.42 Å². The molecule has 0 radical (unpaired) electrons. The number of fused-ring (bicyclic) bond motifs is 1. The van der Waals surface area contributed by atoms with E-state index < -0.39 is 0 Å². The van der Waals surface area contributed by atoms with Gasteiger partial charge in [-0.15, -0.1) is 0 Å². The Morgan fingerprint density at radius 2 is 2.16 bits per heavy atom. The predicted octanol–water partition coefficient (Wildman–Crippen LogP) is 3.47. The third-order valence-corrected chi connectivity index (χ3v) is 3.65. The SMILES string of the molecule is Cc1c(C(=O)c2ccnn2C)oc2ccc(Br)cc12. The summed E-state index contributed by atoms with van der Waals surface area (Å²) in [5, 5.41) is 4.95. The number of halogens is 1. The van der Waals surface area contributed by atoms with Crippen LogP contribution in [-0.2, 0) is 7.05 Å². The molecule has 0 amide bonds. The number of rotatable bonds is 2. The zero-order valence-electron chi connectivity index (χ0n) is 10.5. The Bertz CT molecular complexity index is 786. The highest BCUT2D eigenvalue weighted by Crippen LogP contribution is 2.29. The summed E-state index contributed by atoms with van der Waals surface area (Å²) >= 11 is 3.42. The van der Waals surface area contributed by atoms with Crippen LogP contribution in [0.4, 0.5) is 0 Å². The molecule has 0 saturated heterocycles. The average molecular weight is 319 g/mol. The van der Waals surface area contributed by atoms with E-state index in [9.17, 15) is 4.79 Å². The van der Waals surface area contributed by atoms with Gasteiger partial charge in [0.1, 0.15) is 11.3 Å². The fourth-order valence-electron chi connectivity index (χ4n) is 2.12. The number of furan rings is 1. The molecule has 0 aliphatic rings. The quantitative estimate of drug-likeness (QED) is 0.680. The van der Waals surface area contributed by atoms with Crippen molar-refractivity contribution in [2.45, 2.75) is 6.92 Å². The Hall–Kier alpha value is -1.88. The third kappa shape index (κ3) is 1.90. The van der Waals surface area contributed by atoms with Crippen LogP contribution in [0.15, 0.2) is 39.4 Å². The number of aromatic nitrogens is 2.